The summed E-state index contributed by atoms with van der Waals surface area (Å²) in [5, 5.41) is 8.54. The quantitative estimate of drug-likeness (QED) is 0.534. The molecule has 0 aromatic heterocycles. The molecule has 0 saturated heterocycles. The van der Waals surface area contributed by atoms with Crippen LogP contribution in [0, 0.1) is 0 Å². The van der Waals surface area contributed by atoms with Gasteiger partial charge in [0, 0.05) is 0 Å². The van der Waals surface area contributed by atoms with Crippen LogP contribution in [-0.4, -0.2) is 25.9 Å². The van der Waals surface area contributed by atoms with Crippen molar-refractivity contribution in [1.82, 2.24) is 4.72 Å². The van der Waals surface area contributed by atoms with Gasteiger partial charge in [-0.1, -0.05) is 19.8 Å². The van der Waals surface area contributed by atoms with Crippen molar-refractivity contribution in [3.8, 4) is 0 Å². The van der Waals surface area contributed by atoms with Gasteiger partial charge in [0.1, 0.15) is 6.04 Å². The lowest BCUT2D eigenvalue weighted by Gasteiger charge is -2.09. The van der Waals surface area contributed by atoms with Crippen LogP contribution in [0.15, 0.2) is 0 Å². The summed E-state index contributed by atoms with van der Waals surface area (Å²) in [7, 11) is 0. The van der Waals surface area contributed by atoms with E-state index in [1.807, 2.05) is 11.6 Å². The average Bonchev–Trinajstić information content (AvgIpc) is 1.96. The monoisotopic (exact) mass is 195 g/mol. The van der Waals surface area contributed by atoms with Crippen LogP contribution in [0.5, 0.6) is 0 Å². The first-order valence-electron chi connectivity index (χ1n) is 3.67. The number of hydrogen-bond acceptors (Lipinski definition) is 2. The van der Waals surface area contributed by atoms with E-state index in [2.05, 4.69) is 0 Å². The van der Waals surface area contributed by atoms with Crippen molar-refractivity contribution in [2.75, 3.05) is 0 Å². The molecule has 0 fully saturated rings. The Morgan fingerprint density at radius 2 is 2.25 bits per heavy atom. The third-order valence-electron chi connectivity index (χ3n) is 1.39. The molecule has 0 saturated carbocycles. The lowest BCUT2D eigenvalue weighted by molar-refractivity contribution is -0.139. The largest absolute Gasteiger partial charge is 0.480 e. The average molecular weight is 195 g/mol. The lowest BCUT2D eigenvalue weighted by Crippen LogP contribution is -2.37. The standard InChI is InChI=1S/C6H13NO4S/c1-2-3-4-5(6(8)9)7-12(10)11/h5,7H,2-4H2,1H3,(H,8,9)(H,10,11). The first kappa shape index (κ1) is 11.5. The van der Waals surface area contributed by atoms with Crippen molar-refractivity contribution in [3.63, 3.8) is 0 Å². The van der Waals surface area contributed by atoms with Crippen molar-refractivity contribution < 1.29 is 18.7 Å². The molecule has 2 atom stereocenters. The predicted molar refractivity (Wildman–Crippen MR) is 44.9 cm³/mol. The van der Waals surface area contributed by atoms with Gasteiger partial charge in [0.25, 0.3) is 0 Å². The Morgan fingerprint density at radius 3 is 2.58 bits per heavy atom. The van der Waals surface area contributed by atoms with Crippen LogP contribution in [-0.2, 0) is 16.1 Å². The number of carboxylic acids is 1. The Balaban J connectivity index is 3.87. The SMILES string of the molecule is CCCCC(NS(=O)O)C(=O)O. The first-order chi connectivity index (χ1) is 5.57. The third kappa shape index (κ3) is 5.22. The van der Waals surface area contributed by atoms with E-state index < -0.39 is 23.3 Å². The Kier molecular flexibility index (Phi) is 5.87. The van der Waals surface area contributed by atoms with E-state index in [-0.39, 0.29) is 0 Å². The molecule has 0 aromatic rings. The van der Waals surface area contributed by atoms with Crippen LogP contribution >= 0.6 is 0 Å². The smallest absolute Gasteiger partial charge is 0.321 e. The molecule has 0 amide bonds. The minimum Gasteiger partial charge on any atom is -0.480 e. The Hall–Kier alpha value is -0.460. The molecule has 0 radical (unpaired) electrons. The van der Waals surface area contributed by atoms with Gasteiger partial charge in [0.05, 0.1) is 0 Å². The van der Waals surface area contributed by atoms with Gasteiger partial charge >= 0.3 is 5.97 Å². The molecular formula is C6H13NO4S. The number of aliphatic carboxylic acids is 1. The summed E-state index contributed by atoms with van der Waals surface area (Å²) in [4.78, 5) is 10.4. The zero-order chi connectivity index (χ0) is 9.56. The highest BCUT2D eigenvalue weighted by molar-refractivity contribution is 7.77. The van der Waals surface area contributed by atoms with Gasteiger partial charge in [0.15, 0.2) is 0 Å². The maximum atomic E-state index is 10.4. The van der Waals surface area contributed by atoms with Gasteiger partial charge in [-0.2, -0.15) is 0 Å². The van der Waals surface area contributed by atoms with Crippen molar-refractivity contribution in [3.05, 3.63) is 0 Å². The molecular weight excluding hydrogens is 182 g/mol. The van der Waals surface area contributed by atoms with Gasteiger partial charge in [-0.3, -0.25) is 9.35 Å². The van der Waals surface area contributed by atoms with Crippen molar-refractivity contribution in [2.45, 2.75) is 32.2 Å². The second-order valence-corrected chi connectivity index (χ2v) is 3.13. The fourth-order valence-corrected chi connectivity index (χ4v) is 1.22. The van der Waals surface area contributed by atoms with Gasteiger partial charge in [-0.05, 0) is 6.42 Å². The van der Waals surface area contributed by atoms with Gasteiger partial charge in [-0.25, -0.2) is 8.93 Å². The second kappa shape index (κ2) is 6.10. The maximum Gasteiger partial charge on any atom is 0.321 e. The molecule has 0 bridgehead atoms. The van der Waals surface area contributed by atoms with Crippen molar-refractivity contribution in [1.29, 1.82) is 0 Å². The van der Waals surface area contributed by atoms with Crippen LogP contribution in [0.4, 0.5) is 0 Å². The van der Waals surface area contributed by atoms with E-state index in [1.54, 1.807) is 0 Å². The fourth-order valence-electron chi connectivity index (χ4n) is 0.763. The van der Waals surface area contributed by atoms with Crippen LogP contribution in [0.25, 0.3) is 0 Å². The predicted octanol–water partition coefficient (Wildman–Crippen LogP) is 0.356. The molecule has 0 rings (SSSR count). The maximum absolute atomic E-state index is 10.4. The van der Waals surface area contributed by atoms with Crippen LogP contribution < -0.4 is 4.72 Å². The molecule has 0 aromatic carbocycles. The molecule has 2 unspecified atom stereocenters. The molecule has 0 heterocycles. The van der Waals surface area contributed by atoms with E-state index in [0.717, 1.165) is 12.8 Å². The Labute approximate surface area is 73.6 Å². The summed E-state index contributed by atoms with van der Waals surface area (Å²) in [5.74, 6) is -1.09. The molecule has 0 aliphatic carbocycles. The Bertz CT molecular complexity index is 173. The molecule has 5 nitrogen and oxygen atoms in total. The summed E-state index contributed by atoms with van der Waals surface area (Å²) >= 11 is -2.25. The van der Waals surface area contributed by atoms with E-state index in [1.165, 1.54) is 0 Å². The van der Waals surface area contributed by atoms with E-state index >= 15 is 0 Å². The van der Waals surface area contributed by atoms with E-state index in [9.17, 15) is 9.00 Å². The summed E-state index contributed by atoms with van der Waals surface area (Å²) < 4.78 is 20.6. The zero-order valence-corrected chi connectivity index (χ0v) is 7.63. The molecule has 72 valence electrons. The number of unbranched alkanes of at least 4 members (excludes halogenated alkanes) is 1. The van der Waals surface area contributed by atoms with Crippen LogP contribution in [0.3, 0.4) is 0 Å². The summed E-state index contributed by atoms with van der Waals surface area (Å²) in [6.45, 7) is 1.93. The minimum atomic E-state index is -2.25. The Morgan fingerprint density at radius 1 is 1.67 bits per heavy atom. The zero-order valence-electron chi connectivity index (χ0n) is 6.82. The van der Waals surface area contributed by atoms with E-state index in [4.69, 9.17) is 9.66 Å². The number of carbonyl (C=O) groups is 1. The van der Waals surface area contributed by atoms with Crippen molar-refractivity contribution >= 4 is 17.2 Å². The van der Waals surface area contributed by atoms with Gasteiger partial charge in [-0.15, -0.1) is 0 Å². The third-order valence-corrected chi connectivity index (χ3v) is 1.87. The van der Waals surface area contributed by atoms with Gasteiger partial charge < -0.3 is 5.11 Å². The molecule has 3 N–H and O–H groups in total. The first-order valence-corrected chi connectivity index (χ1v) is 4.78. The summed E-state index contributed by atoms with van der Waals surface area (Å²) in [6.07, 6.45) is 1.96. The number of rotatable bonds is 6. The summed E-state index contributed by atoms with van der Waals surface area (Å²) in [5.41, 5.74) is 0. The molecule has 0 spiro atoms. The van der Waals surface area contributed by atoms with Gasteiger partial charge in [0.2, 0.25) is 11.3 Å². The van der Waals surface area contributed by atoms with E-state index in [0.29, 0.717) is 6.42 Å². The van der Waals surface area contributed by atoms with Crippen LogP contribution in [0.2, 0.25) is 0 Å². The lowest BCUT2D eigenvalue weighted by atomic mass is 10.1. The number of carboxylic acid groups (broad SMARTS) is 1. The highest BCUT2D eigenvalue weighted by atomic mass is 32.2. The highest BCUT2D eigenvalue weighted by Gasteiger charge is 2.17. The molecule has 6 heteroatoms. The van der Waals surface area contributed by atoms with Crippen LogP contribution in [0.1, 0.15) is 26.2 Å². The minimum absolute atomic E-state index is 0.373. The molecule has 12 heavy (non-hydrogen) atoms. The second-order valence-electron chi connectivity index (χ2n) is 2.40. The molecule has 0 aliphatic rings. The topological polar surface area (TPSA) is 86.6 Å². The number of nitrogens with one attached hydrogen (secondary N) is 1. The number of hydrogen-bond donors (Lipinski definition) is 3. The van der Waals surface area contributed by atoms with Crippen molar-refractivity contribution in [2.24, 2.45) is 0 Å². The normalized spacial score (nSPS) is 15.5. The molecule has 0 aliphatic heterocycles. The summed E-state index contributed by atoms with van der Waals surface area (Å²) in [6, 6.07) is -0.921. The highest BCUT2D eigenvalue weighted by Crippen LogP contribution is 2.00. The fraction of sp³-hybridized carbons (Fsp3) is 0.833.